The zero-order valence-electron chi connectivity index (χ0n) is 10.9. The fourth-order valence-corrected chi connectivity index (χ4v) is 2.28. The monoisotopic (exact) mass is 259 g/mol. The van der Waals surface area contributed by atoms with Crippen LogP contribution in [-0.2, 0) is 11.8 Å². The van der Waals surface area contributed by atoms with Crippen molar-refractivity contribution in [3.63, 3.8) is 0 Å². The van der Waals surface area contributed by atoms with Gasteiger partial charge in [0.05, 0.1) is 6.10 Å². The second-order valence-corrected chi connectivity index (χ2v) is 4.72. The van der Waals surface area contributed by atoms with E-state index in [1.807, 2.05) is 25.2 Å². The number of hydrogen-bond acceptors (Lipinski definition) is 5. The number of tetrazole rings is 1. The van der Waals surface area contributed by atoms with Crippen LogP contribution < -0.4 is 5.32 Å². The molecule has 6 heteroatoms. The van der Waals surface area contributed by atoms with E-state index in [1.54, 1.807) is 4.68 Å². The van der Waals surface area contributed by atoms with Crippen molar-refractivity contribution in [3.8, 4) is 11.4 Å². The van der Waals surface area contributed by atoms with Crippen molar-refractivity contribution < 1.29 is 4.74 Å². The number of nitrogens with zero attached hydrogens (tertiary/aromatic N) is 4. The average molecular weight is 259 g/mol. The Morgan fingerprint density at radius 2 is 2.42 bits per heavy atom. The number of nitrogens with one attached hydrogen (secondary N) is 1. The Kier molecular flexibility index (Phi) is 3.41. The number of hydrogen-bond donors (Lipinski definition) is 1. The standard InChI is InChI=1S/C13H17N5O/c1-18-13(15-16-17-18)10-4-2-5-11(8-10)14-9-12-6-3-7-19-12/h2,4-5,8,12,14H,3,6-7,9H2,1H3. The summed E-state index contributed by atoms with van der Waals surface area (Å²) in [6, 6.07) is 8.10. The number of ether oxygens (including phenoxy) is 1. The molecule has 1 aliphatic heterocycles. The first-order valence-electron chi connectivity index (χ1n) is 6.51. The van der Waals surface area contributed by atoms with Gasteiger partial charge in [0.15, 0.2) is 5.82 Å². The third-order valence-corrected chi connectivity index (χ3v) is 3.30. The van der Waals surface area contributed by atoms with Crippen molar-refractivity contribution in [1.29, 1.82) is 0 Å². The Morgan fingerprint density at radius 1 is 1.47 bits per heavy atom. The zero-order chi connectivity index (χ0) is 13.1. The van der Waals surface area contributed by atoms with E-state index in [0.717, 1.165) is 43.1 Å². The first kappa shape index (κ1) is 12.1. The molecule has 19 heavy (non-hydrogen) atoms. The van der Waals surface area contributed by atoms with Gasteiger partial charge in [0, 0.05) is 31.5 Å². The Labute approximate surface area is 111 Å². The number of benzene rings is 1. The van der Waals surface area contributed by atoms with Gasteiger partial charge >= 0.3 is 0 Å². The quantitative estimate of drug-likeness (QED) is 0.900. The van der Waals surface area contributed by atoms with Crippen LogP contribution in [0.4, 0.5) is 5.69 Å². The van der Waals surface area contributed by atoms with Crippen molar-refractivity contribution in [2.75, 3.05) is 18.5 Å². The molecule has 0 bridgehead atoms. The molecule has 1 saturated heterocycles. The summed E-state index contributed by atoms with van der Waals surface area (Å²) in [5.41, 5.74) is 2.07. The maximum atomic E-state index is 5.60. The lowest BCUT2D eigenvalue weighted by atomic mass is 10.2. The van der Waals surface area contributed by atoms with Gasteiger partial charge in [-0.3, -0.25) is 0 Å². The van der Waals surface area contributed by atoms with Gasteiger partial charge in [-0.2, -0.15) is 0 Å². The van der Waals surface area contributed by atoms with Crippen molar-refractivity contribution in [2.24, 2.45) is 7.05 Å². The van der Waals surface area contributed by atoms with E-state index in [2.05, 4.69) is 26.9 Å². The van der Waals surface area contributed by atoms with E-state index < -0.39 is 0 Å². The molecule has 3 rings (SSSR count). The predicted molar refractivity (Wildman–Crippen MR) is 71.7 cm³/mol. The first-order chi connectivity index (χ1) is 9.33. The highest BCUT2D eigenvalue weighted by molar-refractivity contribution is 5.62. The van der Waals surface area contributed by atoms with Crippen molar-refractivity contribution in [1.82, 2.24) is 20.2 Å². The van der Waals surface area contributed by atoms with E-state index in [0.29, 0.717) is 6.10 Å². The molecule has 1 atom stereocenters. The Bertz CT molecular complexity index is 547. The fourth-order valence-electron chi connectivity index (χ4n) is 2.28. The van der Waals surface area contributed by atoms with Gasteiger partial charge in [-0.05, 0) is 35.4 Å². The van der Waals surface area contributed by atoms with Crippen LogP contribution in [0.3, 0.4) is 0 Å². The minimum atomic E-state index is 0.333. The number of aromatic nitrogens is 4. The fraction of sp³-hybridized carbons (Fsp3) is 0.462. The average Bonchev–Trinajstić information content (AvgIpc) is 3.08. The molecule has 1 aliphatic rings. The van der Waals surface area contributed by atoms with Crippen LogP contribution in [-0.4, -0.2) is 39.5 Å². The second kappa shape index (κ2) is 5.36. The van der Waals surface area contributed by atoms with Crippen LogP contribution in [0.5, 0.6) is 0 Å². The molecule has 2 aromatic rings. The smallest absolute Gasteiger partial charge is 0.181 e. The maximum absolute atomic E-state index is 5.60. The van der Waals surface area contributed by atoms with Gasteiger partial charge in [0.2, 0.25) is 0 Å². The van der Waals surface area contributed by atoms with E-state index in [4.69, 9.17) is 4.74 Å². The summed E-state index contributed by atoms with van der Waals surface area (Å²) >= 11 is 0. The van der Waals surface area contributed by atoms with Crippen LogP contribution in [0, 0.1) is 0 Å². The Morgan fingerprint density at radius 3 is 3.16 bits per heavy atom. The molecule has 1 N–H and O–H groups in total. The summed E-state index contributed by atoms with van der Waals surface area (Å²) in [6.45, 7) is 1.73. The van der Waals surface area contributed by atoms with Gasteiger partial charge in [0.1, 0.15) is 0 Å². The molecule has 1 unspecified atom stereocenters. The molecular weight excluding hydrogens is 242 g/mol. The van der Waals surface area contributed by atoms with Crippen molar-refractivity contribution >= 4 is 5.69 Å². The van der Waals surface area contributed by atoms with Crippen molar-refractivity contribution in [3.05, 3.63) is 24.3 Å². The molecule has 1 fully saturated rings. The molecular formula is C13H17N5O. The van der Waals surface area contributed by atoms with E-state index in [9.17, 15) is 0 Å². The summed E-state index contributed by atoms with van der Waals surface area (Å²) in [4.78, 5) is 0. The lowest BCUT2D eigenvalue weighted by Gasteiger charge is -2.12. The maximum Gasteiger partial charge on any atom is 0.181 e. The second-order valence-electron chi connectivity index (χ2n) is 4.72. The molecule has 1 aromatic carbocycles. The highest BCUT2D eigenvalue weighted by atomic mass is 16.5. The van der Waals surface area contributed by atoms with Gasteiger partial charge < -0.3 is 10.1 Å². The normalized spacial score (nSPS) is 18.7. The molecule has 0 radical (unpaired) electrons. The minimum absolute atomic E-state index is 0.333. The van der Waals surface area contributed by atoms with E-state index in [-0.39, 0.29) is 0 Å². The van der Waals surface area contributed by atoms with Crippen LogP contribution >= 0.6 is 0 Å². The Hall–Kier alpha value is -1.95. The van der Waals surface area contributed by atoms with Crippen molar-refractivity contribution in [2.45, 2.75) is 18.9 Å². The first-order valence-corrected chi connectivity index (χ1v) is 6.51. The van der Waals surface area contributed by atoms with Crippen LogP contribution in [0.2, 0.25) is 0 Å². The molecule has 6 nitrogen and oxygen atoms in total. The van der Waals surface area contributed by atoms with Gasteiger partial charge in [0.25, 0.3) is 0 Å². The third kappa shape index (κ3) is 2.73. The van der Waals surface area contributed by atoms with Crippen LogP contribution in [0.25, 0.3) is 11.4 Å². The van der Waals surface area contributed by atoms with E-state index in [1.165, 1.54) is 0 Å². The molecule has 2 heterocycles. The van der Waals surface area contributed by atoms with Gasteiger partial charge in [-0.1, -0.05) is 12.1 Å². The number of aryl methyl sites for hydroxylation is 1. The van der Waals surface area contributed by atoms with Crippen LogP contribution in [0.1, 0.15) is 12.8 Å². The summed E-state index contributed by atoms with van der Waals surface area (Å²) in [6.07, 6.45) is 2.64. The molecule has 0 saturated carbocycles. The topological polar surface area (TPSA) is 64.9 Å². The van der Waals surface area contributed by atoms with Crippen LogP contribution in [0.15, 0.2) is 24.3 Å². The highest BCUT2D eigenvalue weighted by Crippen LogP contribution is 2.20. The molecule has 1 aromatic heterocycles. The number of rotatable bonds is 4. The van der Waals surface area contributed by atoms with Gasteiger partial charge in [-0.25, -0.2) is 4.68 Å². The van der Waals surface area contributed by atoms with E-state index >= 15 is 0 Å². The molecule has 100 valence electrons. The lowest BCUT2D eigenvalue weighted by molar-refractivity contribution is 0.120. The number of anilines is 1. The molecule has 0 spiro atoms. The summed E-state index contributed by atoms with van der Waals surface area (Å²) in [5.74, 6) is 0.765. The van der Waals surface area contributed by atoms with Gasteiger partial charge in [-0.15, -0.1) is 5.10 Å². The largest absolute Gasteiger partial charge is 0.382 e. The Balaban J connectivity index is 1.71. The SMILES string of the molecule is Cn1nnnc1-c1cccc(NCC2CCCO2)c1. The minimum Gasteiger partial charge on any atom is -0.382 e. The molecule has 0 aliphatic carbocycles. The molecule has 0 amide bonds. The predicted octanol–water partition coefficient (Wildman–Crippen LogP) is 1.47. The lowest BCUT2D eigenvalue weighted by Crippen LogP contribution is -2.18. The summed E-state index contributed by atoms with van der Waals surface area (Å²) in [5, 5.41) is 14.9. The highest BCUT2D eigenvalue weighted by Gasteiger charge is 2.15. The summed E-state index contributed by atoms with van der Waals surface area (Å²) < 4.78 is 7.26. The zero-order valence-corrected chi connectivity index (χ0v) is 10.9. The third-order valence-electron chi connectivity index (χ3n) is 3.30. The summed E-state index contributed by atoms with van der Waals surface area (Å²) in [7, 11) is 1.84.